The maximum Gasteiger partial charge on any atom is 0.264 e. The lowest BCUT2D eigenvalue weighted by atomic mass is 10.2. The molecule has 0 amide bonds. The summed E-state index contributed by atoms with van der Waals surface area (Å²) < 4.78 is 42.2. The Morgan fingerprint density at radius 1 is 1.52 bits per heavy atom. The van der Waals surface area contributed by atoms with Crippen LogP contribution in [0.15, 0.2) is 28.0 Å². The van der Waals surface area contributed by atoms with Crippen molar-refractivity contribution in [3.63, 3.8) is 0 Å². The first-order valence-corrected chi connectivity index (χ1v) is 8.84. The van der Waals surface area contributed by atoms with E-state index >= 15 is 0 Å². The molecule has 0 fully saturated rings. The van der Waals surface area contributed by atoms with Gasteiger partial charge in [-0.05, 0) is 6.07 Å². The van der Waals surface area contributed by atoms with Crippen LogP contribution in [-0.4, -0.2) is 36.6 Å². The molecule has 0 radical (unpaired) electrons. The molecule has 6 nitrogen and oxygen atoms in total. The Balaban J connectivity index is 2.16. The third-order valence-corrected chi connectivity index (χ3v) is 4.91. The molecule has 0 aromatic carbocycles. The van der Waals surface area contributed by atoms with Gasteiger partial charge in [0.15, 0.2) is 5.82 Å². The maximum absolute atomic E-state index is 13.8. The van der Waals surface area contributed by atoms with Crippen LogP contribution in [0.3, 0.4) is 0 Å². The topological polar surface area (TPSA) is 78.3 Å². The molecule has 0 N–H and O–H groups in total. The molecule has 1 aliphatic heterocycles. The monoisotopic (exact) mass is 330 g/mol. The van der Waals surface area contributed by atoms with Crippen LogP contribution < -0.4 is 5.56 Å². The van der Waals surface area contributed by atoms with Gasteiger partial charge in [0.25, 0.3) is 15.7 Å². The summed E-state index contributed by atoms with van der Waals surface area (Å²) in [7, 11) is -3.61. The van der Waals surface area contributed by atoms with Crippen LogP contribution in [-0.2, 0) is 14.3 Å². The number of hydrogen-bond acceptors (Lipinski definition) is 6. The van der Waals surface area contributed by atoms with Crippen molar-refractivity contribution in [2.24, 2.45) is 0 Å². The highest BCUT2D eigenvalue weighted by atomic mass is 32.2. The first-order chi connectivity index (χ1) is 9.87. The zero-order valence-electron chi connectivity index (χ0n) is 10.9. The van der Waals surface area contributed by atoms with Crippen molar-refractivity contribution < 1.29 is 17.0 Å². The van der Waals surface area contributed by atoms with E-state index in [1.54, 1.807) is 0 Å². The highest BCUT2D eigenvalue weighted by Gasteiger charge is 2.26. The van der Waals surface area contributed by atoms with Crippen LogP contribution >= 0.6 is 11.8 Å². The van der Waals surface area contributed by atoms with E-state index in [1.807, 2.05) is 0 Å². The third kappa shape index (κ3) is 2.68. The molecular weight excluding hydrogens is 319 g/mol. The second-order valence-electron chi connectivity index (χ2n) is 4.66. The van der Waals surface area contributed by atoms with E-state index in [9.17, 15) is 17.6 Å². The van der Waals surface area contributed by atoms with Gasteiger partial charge in [-0.2, -0.15) is 8.42 Å². The summed E-state index contributed by atoms with van der Waals surface area (Å²) in [5, 5.41) is 0. The normalized spacial score (nSPS) is 18.1. The lowest BCUT2D eigenvalue weighted by molar-refractivity contribution is 0.269. The molecule has 0 aliphatic carbocycles. The van der Waals surface area contributed by atoms with Crippen molar-refractivity contribution in [3.05, 3.63) is 34.5 Å². The molecule has 2 aromatic heterocycles. The molecule has 0 saturated carbocycles. The summed E-state index contributed by atoms with van der Waals surface area (Å²) >= 11 is 1.23. The van der Waals surface area contributed by atoms with E-state index in [1.165, 1.54) is 28.5 Å². The molecule has 1 aliphatic rings. The molecule has 21 heavy (non-hydrogen) atoms. The number of aromatic nitrogens is 2. The van der Waals surface area contributed by atoms with Gasteiger partial charge in [-0.3, -0.25) is 18.5 Å². The molecule has 112 valence electrons. The minimum atomic E-state index is -3.61. The Hall–Kier alpha value is -1.45. The molecular formula is C12H11FN2O4S2. The van der Waals surface area contributed by atoms with E-state index in [0.29, 0.717) is 21.7 Å². The van der Waals surface area contributed by atoms with Gasteiger partial charge >= 0.3 is 0 Å². The quantitative estimate of drug-likeness (QED) is 0.786. The van der Waals surface area contributed by atoms with Gasteiger partial charge < -0.3 is 0 Å². The number of hydrogen-bond donors (Lipinski definition) is 0. The largest absolute Gasteiger partial charge is 0.299 e. The van der Waals surface area contributed by atoms with Crippen LogP contribution in [0.2, 0.25) is 0 Å². The van der Waals surface area contributed by atoms with E-state index in [-0.39, 0.29) is 12.2 Å². The predicted octanol–water partition coefficient (Wildman–Crippen LogP) is 1.16. The lowest BCUT2D eigenvalue weighted by Gasteiger charge is -2.26. The average Bonchev–Trinajstić information content (AvgIpc) is 2.42. The zero-order valence-corrected chi connectivity index (χ0v) is 12.6. The smallest absolute Gasteiger partial charge is 0.264 e. The zero-order chi connectivity index (χ0) is 15.2. The van der Waals surface area contributed by atoms with Crippen molar-refractivity contribution in [2.45, 2.75) is 10.9 Å². The highest BCUT2D eigenvalue weighted by Crippen LogP contribution is 2.36. The molecule has 1 atom stereocenters. The van der Waals surface area contributed by atoms with Crippen LogP contribution in [0.5, 0.6) is 0 Å². The number of halogens is 1. The first kappa shape index (κ1) is 14.5. The molecule has 3 rings (SSSR count). The van der Waals surface area contributed by atoms with E-state index in [2.05, 4.69) is 4.98 Å². The van der Waals surface area contributed by atoms with Gasteiger partial charge in [0.05, 0.1) is 41.0 Å². The summed E-state index contributed by atoms with van der Waals surface area (Å²) in [6.45, 7) is -0.166. The average molecular weight is 330 g/mol. The van der Waals surface area contributed by atoms with Gasteiger partial charge in [-0.1, -0.05) is 0 Å². The lowest BCUT2D eigenvalue weighted by Crippen LogP contribution is -2.32. The van der Waals surface area contributed by atoms with Crippen LogP contribution in [0.1, 0.15) is 6.04 Å². The Kier molecular flexibility index (Phi) is 3.50. The Bertz CT molecular complexity index is 879. The molecule has 9 heteroatoms. The van der Waals surface area contributed by atoms with Gasteiger partial charge in [-0.25, -0.2) is 4.39 Å². The summed E-state index contributed by atoms with van der Waals surface area (Å²) in [5.74, 6) is -0.142. The SMILES string of the molecule is CS(=O)(=O)OC[C@@H]1CSc2c(F)cnc3ccc(=O)n1c23. The minimum absolute atomic E-state index is 0.166. The fourth-order valence-corrected chi connectivity index (χ4v) is 3.79. The Labute approximate surface area is 124 Å². The minimum Gasteiger partial charge on any atom is -0.299 e. The maximum atomic E-state index is 13.8. The highest BCUT2D eigenvalue weighted by molar-refractivity contribution is 7.99. The van der Waals surface area contributed by atoms with Crippen molar-refractivity contribution in [3.8, 4) is 0 Å². The first-order valence-electron chi connectivity index (χ1n) is 6.04. The number of rotatable bonds is 3. The van der Waals surface area contributed by atoms with Crippen molar-refractivity contribution >= 4 is 32.9 Å². The number of pyridine rings is 2. The molecule has 0 unspecified atom stereocenters. The van der Waals surface area contributed by atoms with Gasteiger partial charge in [0.2, 0.25) is 0 Å². The van der Waals surface area contributed by atoms with E-state index in [0.717, 1.165) is 12.5 Å². The van der Waals surface area contributed by atoms with Gasteiger partial charge in [-0.15, -0.1) is 11.8 Å². The van der Waals surface area contributed by atoms with Gasteiger partial charge in [0.1, 0.15) is 0 Å². The summed E-state index contributed by atoms with van der Waals surface area (Å²) in [6, 6.07) is 2.37. The van der Waals surface area contributed by atoms with Crippen LogP contribution in [0, 0.1) is 5.82 Å². The van der Waals surface area contributed by atoms with Crippen molar-refractivity contribution in [1.82, 2.24) is 9.55 Å². The Morgan fingerprint density at radius 3 is 3.00 bits per heavy atom. The standard InChI is InChI=1S/C12H11FN2O4S2/c1-21(17,18)19-5-7-6-20-12-8(13)4-14-9-2-3-10(16)15(7)11(9)12/h2-4,7H,5-6H2,1H3/t7-/m1/s1. The Morgan fingerprint density at radius 2 is 2.29 bits per heavy atom. The van der Waals surface area contributed by atoms with Crippen LogP contribution in [0.25, 0.3) is 11.0 Å². The van der Waals surface area contributed by atoms with Crippen LogP contribution in [0.4, 0.5) is 4.39 Å². The molecule has 2 aromatic rings. The third-order valence-electron chi connectivity index (χ3n) is 3.11. The summed E-state index contributed by atoms with van der Waals surface area (Å²) in [6.07, 6.45) is 2.06. The molecule has 0 bridgehead atoms. The molecule has 0 saturated heterocycles. The van der Waals surface area contributed by atoms with Crippen molar-refractivity contribution in [1.29, 1.82) is 0 Å². The number of thioether (sulfide) groups is 1. The summed E-state index contributed by atoms with van der Waals surface area (Å²) in [4.78, 5) is 16.4. The summed E-state index contributed by atoms with van der Waals surface area (Å²) in [5.41, 5.74) is 0.543. The molecule has 3 heterocycles. The predicted molar refractivity (Wildman–Crippen MR) is 76.5 cm³/mol. The van der Waals surface area contributed by atoms with Gasteiger partial charge in [0, 0.05) is 11.8 Å². The fourth-order valence-electron chi connectivity index (χ4n) is 2.25. The molecule has 0 spiro atoms. The van der Waals surface area contributed by atoms with E-state index < -0.39 is 22.0 Å². The van der Waals surface area contributed by atoms with E-state index in [4.69, 9.17) is 4.18 Å². The van der Waals surface area contributed by atoms with Crippen molar-refractivity contribution in [2.75, 3.05) is 18.6 Å². The second kappa shape index (κ2) is 5.08. The fraction of sp³-hybridized carbons (Fsp3) is 0.333. The second-order valence-corrected chi connectivity index (χ2v) is 7.34. The number of nitrogens with zero attached hydrogens (tertiary/aromatic N) is 2.